The third kappa shape index (κ3) is 2.26. The summed E-state index contributed by atoms with van der Waals surface area (Å²) in [5.41, 5.74) is 0.716. The van der Waals surface area contributed by atoms with E-state index in [4.69, 9.17) is 9.84 Å². The van der Waals surface area contributed by atoms with Gasteiger partial charge in [-0.3, -0.25) is 4.79 Å². The van der Waals surface area contributed by atoms with E-state index in [1.54, 1.807) is 19.2 Å². The quantitative estimate of drug-likeness (QED) is 0.838. The van der Waals surface area contributed by atoms with Crippen LogP contribution in [0.2, 0.25) is 0 Å². The number of ether oxygens (including phenoxy) is 1. The maximum absolute atomic E-state index is 11.6. The molecule has 1 saturated heterocycles. The first-order valence-corrected chi connectivity index (χ1v) is 5.81. The monoisotopic (exact) mass is 265 g/mol. The predicted molar refractivity (Wildman–Crippen MR) is 66.1 cm³/mol. The van der Waals surface area contributed by atoms with Crippen LogP contribution >= 0.6 is 0 Å². The number of aliphatic hydroxyl groups excluding tert-OH is 1. The second-order valence-electron chi connectivity index (χ2n) is 4.48. The fourth-order valence-electron chi connectivity index (χ4n) is 2.32. The van der Waals surface area contributed by atoms with Crippen molar-refractivity contribution in [3.05, 3.63) is 29.3 Å². The summed E-state index contributed by atoms with van der Waals surface area (Å²) in [5.74, 6) is -1.17. The third-order valence-corrected chi connectivity index (χ3v) is 3.39. The molecule has 0 aromatic heterocycles. The molecule has 1 heterocycles. The Bertz CT molecular complexity index is 528. The van der Waals surface area contributed by atoms with Gasteiger partial charge in [-0.15, -0.1) is 0 Å². The van der Waals surface area contributed by atoms with E-state index in [2.05, 4.69) is 0 Å². The van der Waals surface area contributed by atoms with Crippen molar-refractivity contribution in [3.8, 4) is 5.75 Å². The second-order valence-corrected chi connectivity index (χ2v) is 4.48. The maximum atomic E-state index is 11.6. The van der Waals surface area contributed by atoms with Crippen molar-refractivity contribution in [2.75, 3.05) is 14.2 Å². The van der Waals surface area contributed by atoms with Gasteiger partial charge in [0.15, 0.2) is 0 Å². The Morgan fingerprint density at radius 3 is 2.63 bits per heavy atom. The number of carbonyl (C=O) groups is 2. The average Bonchev–Trinajstić information content (AvgIpc) is 2.65. The summed E-state index contributed by atoms with van der Waals surface area (Å²) in [7, 11) is 2.99. The van der Waals surface area contributed by atoms with Gasteiger partial charge in [0.05, 0.1) is 13.2 Å². The number of amides is 1. The van der Waals surface area contributed by atoms with Crippen LogP contribution in [-0.2, 0) is 4.79 Å². The molecule has 1 amide bonds. The molecule has 19 heavy (non-hydrogen) atoms. The number of aromatic carboxylic acids is 1. The number of hydrogen-bond acceptors (Lipinski definition) is 4. The number of nitrogens with zero attached hydrogens (tertiary/aromatic N) is 1. The molecule has 1 fully saturated rings. The molecule has 0 radical (unpaired) electrons. The first-order valence-electron chi connectivity index (χ1n) is 5.81. The number of rotatable bonds is 3. The van der Waals surface area contributed by atoms with Crippen molar-refractivity contribution in [2.45, 2.75) is 18.6 Å². The summed E-state index contributed by atoms with van der Waals surface area (Å²) in [6.45, 7) is 0. The van der Waals surface area contributed by atoms with Crippen LogP contribution in [0.15, 0.2) is 18.2 Å². The van der Waals surface area contributed by atoms with E-state index in [-0.39, 0.29) is 29.7 Å². The summed E-state index contributed by atoms with van der Waals surface area (Å²) in [4.78, 5) is 24.1. The highest BCUT2D eigenvalue weighted by molar-refractivity contribution is 5.91. The summed E-state index contributed by atoms with van der Waals surface area (Å²) >= 11 is 0. The van der Waals surface area contributed by atoms with Crippen molar-refractivity contribution in [3.63, 3.8) is 0 Å². The molecule has 6 heteroatoms. The topological polar surface area (TPSA) is 87.1 Å². The van der Waals surface area contributed by atoms with Crippen molar-refractivity contribution >= 4 is 11.9 Å². The van der Waals surface area contributed by atoms with Crippen molar-refractivity contribution in [1.29, 1.82) is 0 Å². The van der Waals surface area contributed by atoms with E-state index in [1.165, 1.54) is 18.1 Å². The molecule has 0 spiro atoms. The number of carboxylic acids is 1. The maximum Gasteiger partial charge on any atom is 0.339 e. The molecular weight excluding hydrogens is 250 g/mol. The molecule has 2 rings (SSSR count). The second kappa shape index (κ2) is 4.89. The molecule has 1 aromatic carbocycles. The van der Waals surface area contributed by atoms with Gasteiger partial charge in [0, 0.05) is 13.5 Å². The van der Waals surface area contributed by atoms with E-state index >= 15 is 0 Å². The lowest BCUT2D eigenvalue weighted by atomic mass is 10.0. The number of methoxy groups -OCH3 is 1. The normalized spacial score (nSPS) is 22.7. The highest BCUT2D eigenvalue weighted by Gasteiger charge is 2.37. The minimum atomic E-state index is -1.09. The summed E-state index contributed by atoms with van der Waals surface area (Å²) in [5, 5.41) is 18.7. The Morgan fingerprint density at radius 2 is 2.16 bits per heavy atom. The van der Waals surface area contributed by atoms with E-state index in [1.807, 2.05) is 0 Å². The van der Waals surface area contributed by atoms with Gasteiger partial charge < -0.3 is 19.8 Å². The molecule has 2 unspecified atom stereocenters. The molecule has 102 valence electrons. The van der Waals surface area contributed by atoms with Crippen LogP contribution < -0.4 is 4.74 Å². The van der Waals surface area contributed by atoms with Gasteiger partial charge in [0.1, 0.15) is 17.4 Å². The van der Waals surface area contributed by atoms with Gasteiger partial charge in [0.2, 0.25) is 0 Å². The Kier molecular flexibility index (Phi) is 3.44. The number of carboxylic acid groups (broad SMARTS) is 1. The molecule has 1 aliphatic rings. The molecule has 0 aliphatic carbocycles. The zero-order valence-corrected chi connectivity index (χ0v) is 10.7. The summed E-state index contributed by atoms with van der Waals surface area (Å²) < 4.78 is 4.98. The van der Waals surface area contributed by atoms with Gasteiger partial charge in [-0.2, -0.15) is 0 Å². The van der Waals surface area contributed by atoms with Gasteiger partial charge in [-0.1, -0.05) is 6.07 Å². The molecule has 6 nitrogen and oxygen atoms in total. The largest absolute Gasteiger partial charge is 0.496 e. The fraction of sp³-hybridized carbons (Fsp3) is 0.385. The number of likely N-dealkylation sites (N-methyl/N-ethyl adjacent to an activating group) is 1. The van der Waals surface area contributed by atoms with Gasteiger partial charge in [-0.05, 0) is 17.7 Å². The van der Waals surface area contributed by atoms with Crippen LogP contribution in [0, 0.1) is 0 Å². The van der Waals surface area contributed by atoms with Crippen LogP contribution in [0.5, 0.6) is 5.75 Å². The minimum absolute atomic E-state index is 0.0437. The van der Waals surface area contributed by atoms with E-state index in [0.29, 0.717) is 5.56 Å². The summed E-state index contributed by atoms with van der Waals surface area (Å²) in [6.07, 6.45) is -0.758. The molecule has 2 atom stereocenters. The number of benzene rings is 1. The number of aliphatic hydroxyl groups is 1. The lowest BCUT2D eigenvalue weighted by Crippen LogP contribution is -2.26. The van der Waals surface area contributed by atoms with Crippen LogP contribution in [0.25, 0.3) is 0 Å². The van der Waals surface area contributed by atoms with Gasteiger partial charge in [-0.25, -0.2) is 4.79 Å². The lowest BCUT2D eigenvalue weighted by Gasteiger charge is -2.20. The Morgan fingerprint density at radius 1 is 1.47 bits per heavy atom. The predicted octanol–water partition coefficient (Wildman–Crippen LogP) is 0.657. The van der Waals surface area contributed by atoms with Crippen molar-refractivity contribution in [2.24, 2.45) is 0 Å². The molecule has 1 aromatic rings. The minimum Gasteiger partial charge on any atom is -0.496 e. The smallest absolute Gasteiger partial charge is 0.339 e. The Hall–Kier alpha value is -2.08. The van der Waals surface area contributed by atoms with Crippen LogP contribution in [-0.4, -0.2) is 47.3 Å². The molecule has 0 saturated carbocycles. The van der Waals surface area contributed by atoms with E-state index in [0.717, 1.165) is 0 Å². The Labute approximate surface area is 110 Å². The highest BCUT2D eigenvalue weighted by Crippen LogP contribution is 2.33. The molecule has 0 bridgehead atoms. The molecular formula is C13H15NO5. The molecule has 2 N–H and O–H groups in total. The van der Waals surface area contributed by atoms with E-state index in [9.17, 15) is 14.7 Å². The number of likely N-dealkylation sites (tertiary alicyclic amines) is 1. The molecule has 1 aliphatic heterocycles. The SMILES string of the molecule is COc1ccc(C2CC(O)C(=O)N2C)cc1C(=O)O. The number of hydrogen-bond donors (Lipinski definition) is 2. The van der Waals surface area contributed by atoms with Crippen LogP contribution in [0.1, 0.15) is 28.4 Å². The standard InChI is InChI=1S/C13H15NO5/c1-14-9(6-10(15)12(14)16)7-3-4-11(19-2)8(5-7)13(17)18/h3-5,9-10,15H,6H2,1-2H3,(H,17,18). The number of carbonyl (C=O) groups excluding carboxylic acids is 1. The third-order valence-electron chi connectivity index (χ3n) is 3.39. The van der Waals surface area contributed by atoms with Gasteiger partial charge >= 0.3 is 5.97 Å². The zero-order valence-electron chi connectivity index (χ0n) is 10.7. The lowest BCUT2D eigenvalue weighted by molar-refractivity contribution is -0.134. The Balaban J connectivity index is 2.39. The van der Waals surface area contributed by atoms with Crippen molar-refractivity contribution in [1.82, 2.24) is 4.90 Å². The first-order chi connectivity index (χ1) is 8.95. The van der Waals surface area contributed by atoms with Crippen LogP contribution in [0.4, 0.5) is 0 Å². The fourth-order valence-corrected chi connectivity index (χ4v) is 2.32. The van der Waals surface area contributed by atoms with Crippen LogP contribution in [0.3, 0.4) is 0 Å². The van der Waals surface area contributed by atoms with E-state index < -0.39 is 12.1 Å². The zero-order chi connectivity index (χ0) is 14.2. The first kappa shape index (κ1) is 13.4. The van der Waals surface area contributed by atoms with Gasteiger partial charge in [0.25, 0.3) is 5.91 Å². The van der Waals surface area contributed by atoms with Crippen molar-refractivity contribution < 1.29 is 24.5 Å². The average molecular weight is 265 g/mol. The summed E-state index contributed by atoms with van der Waals surface area (Å²) in [6, 6.07) is 4.43. The highest BCUT2D eigenvalue weighted by atomic mass is 16.5.